The van der Waals surface area contributed by atoms with Gasteiger partial charge in [0.2, 0.25) is 0 Å². The van der Waals surface area contributed by atoms with Gasteiger partial charge in [-0.1, -0.05) is 43.3 Å². The number of nitrogens with one attached hydrogen (secondary N) is 2. The predicted molar refractivity (Wildman–Crippen MR) is 117 cm³/mol. The highest BCUT2D eigenvalue weighted by molar-refractivity contribution is 5.95. The van der Waals surface area contributed by atoms with Gasteiger partial charge in [-0.15, -0.1) is 0 Å². The molecule has 2 amide bonds. The van der Waals surface area contributed by atoms with Crippen molar-refractivity contribution in [2.75, 3.05) is 13.2 Å². The van der Waals surface area contributed by atoms with Crippen LogP contribution in [-0.4, -0.2) is 25.2 Å². The smallest absolute Gasteiger partial charge is 0.338 e. The van der Waals surface area contributed by atoms with Gasteiger partial charge in [-0.2, -0.15) is 0 Å². The molecule has 0 saturated carbocycles. The van der Waals surface area contributed by atoms with Crippen LogP contribution in [0.15, 0.2) is 59.8 Å². The molecule has 164 valence electrons. The molecule has 0 aliphatic carbocycles. The van der Waals surface area contributed by atoms with Crippen LogP contribution in [0.1, 0.15) is 44.4 Å². The summed E-state index contributed by atoms with van der Waals surface area (Å²) in [4.78, 5) is 24.8. The average Bonchev–Trinajstić information content (AvgIpc) is 2.77. The second-order valence-corrected chi connectivity index (χ2v) is 7.12. The van der Waals surface area contributed by atoms with Crippen molar-refractivity contribution < 1.29 is 23.8 Å². The van der Waals surface area contributed by atoms with Crippen molar-refractivity contribution >= 4 is 12.0 Å². The molecule has 2 aromatic rings. The number of carbonyl (C=O) groups excluding carboxylic acids is 2. The summed E-state index contributed by atoms with van der Waals surface area (Å²) in [5.41, 5.74) is 2.58. The first-order valence-electron chi connectivity index (χ1n) is 10.4. The van der Waals surface area contributed by atoms with Gasteiger partial charge >= 0.3 is 12.0 Å². The maximum atomic E-state index is 12.7. The summed E-state index contributed by atoms with van der Waals surface area (Å²) in [6.45, 7) is 6.66. The van der Waals surface area contributed by atoms with Crippen LogP contribution < -0.4 is 20.1 Å². The van der Waals surface area contributed by atoms with Gasteiger partial charge in [0, 0.05) is 5.70 Å². The molecule has 0 spiro atoms. The number of urea groups is 1. The lowest BCUT2D eigenvalue weighted by Gasteiger charge is -2.28. The van der Waals surface area contributed by atoms with Gasteiger partial charge in [0.15, 0.2) is 11.5 Å². The fourth-order valence-electron chi connectivity index (χ4n) is 3.31. The van der Waals surface area contributed by atoms with E-state index in [0.717, 1.165) is 5.56 Å². The van der Waals surface area contributed by atoms with E-state index in [2.05, 4.69) is 10.6 Å². The van der Waals surface area contributed by atoms with Crippen LogP contribution in [0.4, 0.5) is 4.79 Å². The topological polar surface area (TPSA) is 85.9 Å². The van der Waals surface area contributed by atoms with Crippen LogP contribution in [0.3, 0.4) is 0 Å². The molecule has 0 fully saturated rings. The predicted octanol–water partition coefficient (Wildman–Crippen LogP) is 4.25. The minimum absolute atomic E-state index is 0.312. The van der Waals surface area contributed by atoms with Crippen molar-refractivity contribution in [3.8, 4) is 11.5 Å². The van der Waals surface area contributed by atoms with Gasteiger partial charge in [-0.3, -0.25) is 0 Å². The minimum Gasteiger partial charge on any atom is -0.490 e. The number of amides is 2. The van der Waals surface area contributed by atoms with Crippen LogP contribution in [0.25, 0.3) is 0 Å². The molecule has 2 aromatic carbocycles. The Morgan fingerprint density at radius 1 is 1.03 bits per heavy atom. The first-order chi connectivity index (χ1) is 15.0. The molecule has 0 bridgehead atoms. The molecule has 1 heterocycles. The third-order valence-electron chi connectivity index (χ3n) is 4.76. The van der Waals surface area contributed by atoms with Crippen LogP contribution in [0.2, 0.25) is 0 Å². The van der Waals surface area contributed by atoms with Gasteiger partial charge in [0.25, 0.3) is 0 Å². The molecule has 1 aliphatic rings. The summed E-state index contributed by atoms with van der Waals surface area (Å²) >= 11 is 0. The minimum atomic E-state index is -0.652. The van der Waals surface area contributed by atoms with Crippen molar-refractivity contribution in [2.45, 2.75) is 39.8 Å². The maximum absolute atomic E-state index is 12.7. The van der Waals surface area contributed by atoms with Gasteiger partial charge in [0.05, 0.1) is 24.8 Å². The number of rotatable bonds is 9. The Morgan fingerprint density at radius 2 is 1.81 bits per heavy atom. The Kier molecular flexibility index (Phi) is 7.54. The van der Waals surface area contributed by atoms with Gasteiger partial charge in [-0.05, 0) is 43.5 Å². The van der Waals surface area contributed by atoms with Gasteiger partial charge in [0.1, 0.15) is 6.61 Å². The molecule has 0 saturated heterocycles. The van der Waals surface area contributed by atoms with Crippen LogP contribution in [0, 0.1) is 0 Å². The summed E-state index contributed by atoms with van der Waals surface area (Å²) < 4.78 is 17.1. The molecule has 2 N–H and O–H groups in total. The zero-order valence-corrected chi connectivity index (χ0v) is 18.1. The maximum Gasteiger partial charge on any atom is 0.338 e. The molecule has 1 aliphatic heterocycles. The SMILES string of the molecule is CCCOC(=O)C1=C(C)NC(=O)NC1c1ccc(OCc2ccccc2)c(OCC)c1. The third kappa shape index (κ3) is 5.57. The van der Waals surface area contributed by atoms with E-state index in [0.29, 0.717) is 54.6 Å². The van der Waals surface area contributed by atoms with E-state index in [1.807, 2.05) is 50.2 Å². The van der Waals surface area contributed by atoms with E-state index in [1.54, 1.807) is 19.1 Å². The lowest BCUT2D eigenvalue weighted by molar-refractivity contribution is -0.139. The Morgan fingerprint density at radius 3 is 2.52 bits per heavy atom. The molecule has 3 rings (SSSR count). The molecule has 0 radical (unpaired) electrons. The highest BCUT2D eigenvalue weighted by Crippen LogP contribution is 2.35. The zero-order valence-electron chi connectivity index (χ0n) is 18.1. The van der Waals surface area contributed by atoms with Crippen LogP contribution in [-0.2, 0) is 16.1 Å². The van der Waals surface area contributed by atoms with Gasteiger partial charge < -0.3 is 24.8 Å². The van der Waals surface area contributed by atoms with Crippen molar-refractivity contribution in [1.29, 1.82) is 0 Å². The molecule has 1 atom stereocenters. The number of hydrogen-bond acceptors (Lipinski definition) is 5. The van der Waals surface area contributed by atoms with Crippen molar-refractivity contribution in [3.05, 3.63) is 70.9 Å². The van der Waals surface area contributed by atoms with E-state index in [9.17, 15) is 9.59 Å². The van der Waals surface area contributed by atoms with Crippen LogP contribution >= 0.6 is 0 Å². The van der Waals surface area contributed by atoms with Crippen molar-refractivity contribution in [2.24, 2.45) is 0 Å². The van der Waals surface area contributed by atoms with Crippen molar-refractivity contribution in [1.82, 2.24) is 10.6 Å². The lowest BCUT2D eigenvalue weighted by atomic mass is 9.95. The first-order valence-corrected chi connectivity index (χ1v) is 10.4. The first kappa shape index (κ1) is 22.2. The Balaban J connectivity index is 1.89. The fraction of sp³-hybridized carbons (Fsp3) is 0.333. The summed E-state index contributed by atoms with van der Waals surface area (Å²) in [7, 11) is 0. The second kappa shape index (κ2) is 10.5. The number of hydrogen-bond donors (Lipinski definition) is 2. The Labute approximate surface area is 182 Å². The summed E-state index contributed by atoms with van der Waals surface area (Å²) in [5.74, 6) is 0.674. The second-order valence-electron chi connectivity index (χ2n) is 7.12. The standard InChI is InChI=1S/C24H28N2O5/c1-4-13-30-23(27)21-16(3)25-24(28)26-22(21)18-11-12-19(20(14-18)29-5-2)31-15-17-9-7-6-8-10-17/h6-12,14,22H,4-5,13,15H2,1-3H3,(H2,25,26,28). The lowest BCUT2D eigenvalue weighted by Crippen LogP contribution is -2.45. The fourth-order valence-corrected chi connectivity index (χ4v) is 3.31. The van der Waals surface area contributed by atoms with Crippen LogP contribution in [0.5, 0.6) is 11.5 Å². The molecule has 7 heteroatoms. The summed E-state index contributed by atoms with van der Waals surface area (Å²) in [6.07, 6.45) is 0.713. The Bertz CT molecular complexity index is 956. The average molecular weight is 424 g/mol. The molecule has 1 unspecified atom stereocenters. The van der Waals surface area contributed by atoms with E-state index in [1.165, 1.54) is 0 Å². The zero-order chi connectivity index (χ0) is 22.2. The largest absolute Gasteiger partial charge is 0.490 e. The highest BCUT2D eigenvalue weighted by atomic mass is 16.5. The summed E-state index contributed by atoms with van der Waals surface area (Å²) in [6, 6.07) is 14.2. The molecular formula is C24H28N2O5. The molecular weight excluding hydrogens is 396 g/mol. The molecule has 7 nitrogen and oxygen atoms in total. The molecule has 0 aromatic heterocycles. The highest BCUT2D eigenvalue weighted by Gasteiger charge is 2.32. The third-order valence-corrected chi connectivity index (χ3v) is 4.76. The van der Waals surface area contributed by atoms with E-state index < -0.39 is 12.0 Å². The van der Waals surface area contributed by atoms with E-state index >= 15 is 0 Å². The summed E-state index contributed by atoms with van der Waals surface area (Å²) in [5, 5.41) is 5.46. The number of allylic oxidation sites excluding steroid dienone is 1. The number of ether oxygens (including phenoxy) is 3. The number of carbonyl (C=O) groups is 2. The van der Waals surface area contributed by atoms with Crippen molar-refractivity contribution in [3.63, 3.8) is 0 Å². The Hall–Kier alpha value is -3.48. The van der Waals surface area contributed by atoms with E-state index in [-0.39, 0.29) is 6.03 Å². The van der Waals surface area contributed by atoms with Gasteiger partial charge in [-0.25, -0.2) is 9.59 Å². The molecule has 31 heavy (non-hydrogen) atoms. The number of benzene rings is 2. The van der Waals surface area contributed by atoms with E-state index in [4.69, 9.17) is 14.2 Å². The normalized spacial score (nSPS) is 15.7. The number of esters is 1. The monoisotopic (exact) mass is 424 g/mol. The quantitative estimate of drug-likeness (QED) is 0.588.